The number of carbonyl (C=O) groups excluding carboxylic acids is 1. The van der Waals surface area contributed by atoms with E-state index in [2.05, 4.69) is 52.7 Å². The lowest BCUT2D eigenvalue weighted by atomic mass is 9.94. The third-order valence-corrected chi connectivity index (χ3v) is 6.57. The highest BCUT2D eigenvalue weighted by Crippen LogP contribution is 2.36. The Morgan fingerprint density at radius 2 is 1.39 bits per heavy atom. The molecule has 0 amide bonds. The third-order valence-electron chi connectivity index (χ3n) is 4.78. The lowest BCUT2D eigenvalue weighted by Gasteiger charge is -2.26. The van der Waals surface area contributed by atoms with Gasteiger partial charge in [-0.1, -0.05) is 6.07 Å². The number of rotatable bonds is 8. The summed E-state index contributed by atoms with van der Waals surface area (Å²) in [6, 6.07) is 9.54. The number of hydrogen-bond donors (Lipinski definition) is 0. The van der Waals surface area contributed by atoms with Gasteiger partial charge in [0, 0.05) is 38.5 Å². The quantitative estimate of drug-likeness (QED) is 0.263. The Bertz CT molecular complexity index is 1060. The van der Waals surface area contributed by atoms with Gasteiger partial charge in [-0.3, -0.25) is 9.69 Å². The number of halogens is 3. The van der Waals surface area contributed by atoms with Crippen LogP contribution in [0.15, 0.2) is 54.9 Å². The number of carbonyl (C=O) groups is 1. The molecule has 6 nitrogen and oxygen atoms in total. The van der Waals surface area contributed by atoms with Crippen LogP contribution in [0.25, 0.3) is 12.2 Å². The molecule has 0 atom stereocenters. The Labute approximate surface area is 218 Å². The second-order valence-corrected chi connectivity index (χ2v) is 10.0. The minimum absolute atomic E-state index is 0.0379. The molecule has 0 unspecified atom stereocenters. The molecule has 1 aliphatic rings. The predicted molar refractivity (Wildman–Crippen MR) is 139 cm³/mol. The molecule has 3 rings (SSSR count). The van der Waals surface area contributed by atoms with E-state index in [0.29, 0.717) is 24.6 Å². The molecule has 1 saturated heterocycles. The summed E-state index contributed by atoms with van der Waals surface area (Å²) >= 11 is 10.6. The van der Waals surface area contributed by atoms with Crippen molar-refractivity contribution in [3.8, 4) is 11.5 Å². The first-order valence-electron chi connectivity index (χ1n) is 9.98. The van der Waals surface area contributed by atoms with E-state index in [0.717, 1.165) is 35.7 Å². The summed E-state index contributed by atoms with van der Waals surface area (Å²) in [5.74, 6) is 1.37. The van der Waals surface area contributed by atoms with Gasteiger partial charge >= 0.3 is 0 Å². The van der Waals surface area contributed by atoms with Crippen LogP contribution in [0.1, 0.15) is 11.1 Å². The largest absolute Gasteiger partial charge is 0.466 e. The summed E-state index contributed by atoms with van der Waals surface area (Å²) in [6.07, 6.45) is 3.84. The van der Waals surface area contributed by atoms with Crippen LogP contribution < -0.4 is 9.47 Å². The highest BCUT2D eigenvalue weighted by Gasteiger charge is 2.24. The third kappa shape index (κ3) is 7.00. The summed E-state index contributed by atoms with van der Waals surface area (Å²) in [4.78, 5) is 15.4. The number of ether oxygens (including phenoxy) is 4. The van der Waals surface area contributed by atoms with Gasteiger partial charge in [-0.2, -0.15) is 0 Å². The first-order valence-corrected chi connectivity index (χ1v) is 12.4. The Morgan fingerprint density at radius 1 is 0.848 bits per heavy atom. The molecular formula is C24H24Br3NO5. The predicted octanol–water partition coefficient (Wildman–Crippen LogP) is 5.92. The molecule has 0 aromatic heterocycles. The number of likely N-dealkylation sites (tertiary alicyclic amines) is 1. The Morgan fingerprint density at radius 3 is 1.97 bits per heavy atom. The van der Waals surface area contributed by atoms with E-state index in [-0.39, 0.29) is 19.4 Å². The summed E-state index contributed by atoms with van der Waals surface area (Å²) in [6.45, 7) is 1.46. The molecule has 33 heavy (non-hydrogen) atoms. The van der Waals surface area contributed by atoms with Crippen LogP contribution in [-0.4, -0.2) is 58.6 Å². The van der Waals surface area contributed by atoms with Gasteiger partial charge in [0.05, 0.1) is 13.4 Å². The summed E-state index contributed by atoms with van der Waals surface area (Å²) < 4.78 is 23.4. The van der Waals surface area contributed by atoms with E-state index >= 15 is 0 Å². The molecule has 0 aliphatic carbocycles. The van der Waals surface area contributed by atoms with Crippen LogP contribution >= 0.6 is 47.8 Å². The molecular weight excluding hydrogens is 622 g/mol. The molecule has 0 bridgehead atoms. The number of Topliss-reactive ketones (excluding diaryl/α,β-unsaturated/α-hetero) is 1. The van der Waals surface area contributed by atoms with Gasteiger partial charge in [0.2, 0.25) is 0 Å². The van der Waals surface area contributed by atoms with Crippen molar-refractivity contribution in [1.29, 1.82) is 0 Å². The van der Waals surface area contributed by atoms with Crippen molar-refractivity contribution in [2.75, 3.05) is 47.9 Å². The molecule has 0 N–H and O–H groups in total. The summed E-state index contributed by atoms with van der Waals surface area (Å²) in [5.41, 5.74) is 3.25. The van der Waals surface area contributed by atoms with E-state index in [1.807, 2.05) is 49.5 Å². The maximum absolute atomic E-state index is 13.3. The number of piperidine rings is 1. The Kier molecular flexibility index (Phi) is 9.72. The van der Waals surface area contributed by atoms with Crippen LogP contribution in [0.3, 0.4) is 0 Å². The van der Waals surface area contributed by atoms with Gasteiger partial charge in [-0.05, 0) is 102 Å². The topological polar surface area (TPSA) is 57.2 Å². The molecule has 1 heterocycles. The minimum Gasteiger partial charge on any atom is -0.466 e. The summed E-state index contributed by atoms with van der Waals surface area (Å²) in [5, 5.41) is 0. The lowest BCUT2D eigenvalue weighted by molar-refractivity contribution is -0.113. The van der Waals surface area contributed by atoms with Gasteiger partial charge < -0.3 is 18.9 Å². The molecule has 2 aromatic carbocycles. The molecule has 9 heteroatoms. The number of benzene rings is 2. The zero-order valence-electron chi connectivity index (χ0n) is 18.5. The van der Waals surface area contributed by atoms with Gasteiger partial charge in [0.15, 0.2) is 25.1 Å². The van der Waals surface area contributed by atoms with E-state index < -0.39 is 0 Å². The molecule has 176 valence electrons. The van der Waals surface area contributed by atoms with E-state index in [1.54, 1.807) is 14.2 Å². The first kappa shape index (κ1) is 26.1. The molecule has 0 radical (unpaired) electrons. The SMILES string of the molecule is COCOc1ccc(/C=C2\CN(C)C/C(=C\c3cc(Br)c(OCOC)c(Br)c3)C2=O)cc1Br. The van der Waals surface area contributed by atoms with Gasteiger partial charge in [0.1, 0.15) is 5.75 Å². The van der Waals surface area contributed by atoms with Crippen LogP contribution in [0.2, 0.25) is 0 Å². The number of nitrogens with zero attached hydrogens (tertiary/aromatic N) is 1. The van der Waals surface area contributed by atoms with Gasteiger partial charge in [-0.15, -0.1) is 0 Å². The molecule has 1 fully saturated rings. The normalized spacial score (nSPS) is 17.1. The second kappa shape index (κ2) is 12.3. The van der Waals surface area contributed by atoms with E-state index in [1.165, 1.54) is 0 Å². The molecule has 0 saturated carbocycles. The molecule has 1 aliphatic heterocycles. The fourth-order valence-corrected chi connectivity index (χ4v) is 5.34. The maximum Gasteiger partial charge on any atom is 0.188 e. The standard InChI is InChI=1S/C24H24Br3NO5/c1-28-11-17(6-15-4-5-22(19(25)8-15)32-13-30-2)23(29)18(12-28)7-16-9-20(26)24(21(27)10-16)33-14-31-3/h4-10H,11-14H2,1-3H3/b17-6+,18-7+. The number of methoxy groups -OCH3 is 2. The number of ketones is 1. The van der Waals surface area contributed by atoms with Crippen molar-refractivity contribution in [3.63, 3.8) is 0 Å². The van der Waals surface area contributed by atoms with E-state index in [4.69, 9.17) is 18.9 Å². The number of likely N-dealkylation sites (N-methyl/N-ethyl adjacent to an activating group) is 1. The Hall–Kier alpha value is -1.49. The zero-order valence-corrected chi connectivity index (χ0v) is 23.3. The van der Waals surface area contributed by atoms with Crippen molar-refractivity contribution < 1.29 is 23.7 Å². The smallest absolute Gasteiger partial charge is 0.188 e. The fraction of sp³-hybridized carbons (Fsp3) is 0.292. The highest BCUT2D eigenvalue weighted by molar-refractivity contribution is 9.11. The number of hydrogen-bond acceptors (Lipinski definition) is 6. The highest BCUT2D eigenvalue weighted by atomic mass is 79.9. The first-order chi connectivity index (χ1) is 15.8. The van der Waals surface area contributed by atoms with Crippen molar-refractivity contribution >= 4 is 65.7 Å². The maximum atomic E-state index is 13.3. The van der Waals surface area contributed by atoms with Crippen molar-refractivity contribution in [1.82, 2.24) is 4.90 Å². The van der Waals surface area contributed by atoms with Gasteiger partial charge in [-0.25, -0.2) is 0 Å². The van der Waals surface area contributed by atoms with Crippen LogP contribution in [0.5, 0.6) is 11.5 Å². The monoisotopic (exact) mass is 643 g/mol. The van der Waals surface area contributed by atoms with E-state index in [9.17, 15) is 4.79 Å². The van der Waals surface area contributed by atoms with Crippen LogP contribution in [0.4, 0.5) is 0 Å². The second-order valence-electron chi connectivity index (χ2n) is 7.45. The van der Waals surface area contributed by atoms with Crippen molar-refractivity contribution in [2.45, 2.75) is 0 Å². The lowest BCUT2D eigenvalue weighted by Crippen LogP contribution is -2.34. The molecule has 0 spiro atoms. The van der Waals surface area contributed by atoms with Crippen LogP contribution in [0, 0.1) is 0 Å². The van der Waals surface area contributed by atoms with Gasteiger partial charge in [0.25, 0.3) is 0 Å². The minimum atomic E-state index is 0.0379. The molecule has 2 aromatic rings. The zero-order chi connectivity index (χ0) is 24.0. The Balaban J connectivity index is 1.87. The fourth-order valence-electron chi connectivity index (χ4n) is 3.38. The average Bonchev–Trinajstić information content (AvgIpc) is 2.76. The summed E-state index contributed by atoms with van der Waals surface area (Å²) in [7, 11) is 5.14. The van der Waals surface area contributed by atoms with Crippen molar-refractivity contribution in [3.05, 3.63) is 66.0 Å². The van der Waals surface area contributed by atoms with Crippen molar-refractivity contribution in [2.24, 2.45) is 0 Å². The average molecular weight is 646 g/mol. The van der Waals surface area contributed by atoms with Crippen LogP contribution in [-0.2, 0) is 14.3 Å².